The number of halogens is 1. The van der Waals surface area contributed by atoms with Crippen molar-refractivity contribution in [3.05, 3.63) is 56.7 Å². The lowest BCUT2D eigenvalue weighted by Crippen LogP contribution is -2.34. The first-order chi connectivity index (χ1) is 8.58. The maximum absolute atomic E-state index is 10.3. The van der Waals surface area contributed by atoms with Crippen LogP contribution in [0.3, 0.4) is 0 Å². The number of aliphatic hydroxyl groups is 1. The summed E-state index contributed by atoms with van der Waals surface area (Å²) in [5.41, 5.74) is 0.406. The first kappa shape index (κ1) is 13.7. The van der Waals surface area contributed by atoms with E-state index < -0.39 is 5.60 Å². The first-order valence-electron chi connectivity index (χ1n) is 5.79. The van der Waals surface area contributed by atoms with Crippen molar-refractivity contribution in [2.45, 2.75) is 19.1 Å². The third-order valence-electron chi connectivity index (χ3n) is 2.76. The molecular formula is C14H16BrNOS. The van der Waals surface area contributed by atoms with Gasteiger partial charge in [-0.1, -0.05) is 34.1 Å². The molecule has 96 valence electrons. The monoisotopic (exact) mass is 325 g/mol. The molecule has 0 aliphatic heterocycles. The standard InChI is InChI=1S/C14H16BrNOS/c1-14(17,13-3-2-8-18-13)10-16-9-11-4-6-12(15)7-5-11/h2-8,16-17H,9-10H2,1H3. The third-order valence-corrected chi connectivity index (χ3v) is 4.42. The van der Waals surface area contributed by atoms with E-state index in [-0.39, 0.29) is 0 Å². The van der Waals surface area contributed by atoms with E-state index in [2.05, 4.69) is 33.4 Å². The highest BCUT2D eigenvalue weighted by Crippen LogP contribution is 2.24. The van der Waals surface area contributed by atoms with Gasteiger partial charge in [0.2, 0.25) is 0 Å². The number of hydrogen-bond donors (Lipinski definition) is 2. The average Bonchev–Trinajstić information content (AvgIpc) is 2.86. The zero-order valence-corrected chi connectivity index (χ0v) is 12.6. The lowest BCUT2D eigenvalue weighted by molar-refractivity contribution is 0.0604. The number of benzene rings is 1. The maximum Gasteiger partial charge on any atom is 0.108 e. The molecule has 1 atom stereocenters. The lowest BCUT2D eigenvalue weighted by Gasteiger charge is -2.22. The molecule has 1 unspecified atom stereocenters. The van der Waals surface area contributed by atoms with Gasteiger partial charge in [-0.3, -0.25) is 0 Å². The molecule has 0 fully saturated rings. The van der Waals surface area contributed by atoms with Crippen LogP contribution in [-0.4, -0.2) is 11.7 Å². The SMILES string of the molecule is CC(O)(CNCc1ccc(Br)cc1)c1cccs1. The second kappa shape index (κ2) is 5.97. The summed E-state index contributed by atoms with van der Waals surface area (Å²) < 4.78 is 1.08. The Morgan fingerprint density at radius 3 is 2.61 bits per heavy atom. The molecule has 0 spiro atoms. The minimum atomic E-state index is -0.802. The van der Waals surface area contributed by atoms with E-state index in [4.69, 9.17) is 0 Å². The predicted molar refractivity (Wildman–Crippen MR) is 79.7 cm³/mol. The topological polar surface area (TPSA) is 32.3 Å². The smallest absolute Gasteiger partial charge is 0.108 e. The fourth-order valence-corrected chi connectivity index (χ4v) is 2.78. The molecule has 0 bridgehead atoms. The number of thiophene rings is 1. The highest BCUT2D eigenvalue weighted by atomic mass is 79.9. The Balaban J connectivity index is 1.87. The van der Waals surface area contributed by atoms with E-state index in [0.717, 1.165) is 15.9 Å². The number of nitrogens with one attached hydrogen (secondary N) is 1. The van der Waals surface area contributed by atoms with Crippen molar-refractivity contribution >= 4 is 27.3 Å². The maximum atomic E-state index is 10.3. The number of rotatable bonds is 5. The zero-order chi connectivity index (χ0) is 13.0. The second-order valence-electron chi connectivity index (χ2n) is 4.48. The van der Waals surface area contributed by atoms with Crippen LogP contribution < -0.4 is 5.32 Å². The molecule has 0 aliphatic carbocycles. The Bertz CT molecular complexity index is 479. The zero-order valence-electron chi connectivity index (χ0n) is 10.2. The molecule has 0 saturated carbocycles. The molecule has 2 N–H and O–H groups in total. The summed E-state index contributed by atoms with van der Waals surface area (Å²) in [5, 5.41) is 15.6. The van der Waals surface area contributed by atoms with Gasteiger partial charge in [-0.15, -0.1) is 11.3 Å². The second-order valence-corrected chi connectivity index (χ2v) is 6.34. The van der Waals surface area contributed by atoms with Gasteiger partial charge in [-0.2, -0.15) is 0 Å². The summed E-state index contributed by atoms with van der Waals surface area (Å²) in [6.07, 6.45) is 0. The van der Waals surface area contributed by atoms with Gasteiger partial charge < -0.3 is 10.4 Å². The predicted octanol–water partition coefficient (Wildman–Crippen LogP) is 3.51. The van der Waals surface area contributed by atoms with Gasteiger partial charge in [0, 0.05) is 22.4 Å². The summed E-state index contributed by atoms with van der Waals surface area (Å²) in [5.74, 6) is 0. The molecule has 0 radical (unpaired) electrons. The Labute approximate surface area is 120 Å². The summed E-state index contributed by atoms with van der Waals surface area (Å²) in [4.78, 5) is 0.991. The minimum absolute atomic E-state index is 0.545. The number of hydrogen-bond acceptors (Lipinski definition) is 3. The van der Waals surface area contributed by atoms with Crippen molar-refractivity contribution < 1.29 is 5.11 Å². The van der Waals surface area contributed by atoms with E-state index in [0.29, 0.717) is 6.54 Å². The molecule has 1 aromatic heterocycles. The highest BCUT2D eigenvalue weighted by Gasteiger charge is 2.23. The van der Waals surface area contributed by atoms with Crippen LogP contribution in [0.5, 0.6) is 0 Å². The Morgan fingerprint density at radius 2 is 2.00 bits per heavy atom. The largest absolute Gasteiger partial charge is 0.383 e. The lowest BCUT2D eigenvalue weighted by atomic mass is 10.1. The van der Waals surface area contributed by atoms with E-state index in [1.54, 1.807) is 11.3 Å². The highest BCUT2D eigenvalue weighted by molar-refractivity contribution is 9.10. The van der Waals surface area contributed by atoms with Crippen molar-refractivity contribution in [1.82, 2.24) is 5.32 Å². The van der Waals surface area contributed by atoms with Gasteiger partial charge in [0.05, 0.1) is 0 Å². The van der Waals surface area contributed by atoms with Crippen LogP contribution in [0.4, 0.5) is 0 Å². The fraction of sp³-hybridized carbons (Fsp3) is 0.286. The molecule has 2 aromatic rings. The Hall–Kier alpha value is -0.680. The molecule has 1 aromatic carbocycles. The van der Waals surface area contributed by atoms with Crippen molar-refractivity contribution in [2.75, 3.05) is 6.54 Å². The normalized spacial score (nSPS) is 14.4. The Morgan fingerprint density at radius 1 is 1.28 bits per heavy atom. The molecule has 1 heterocycles. The summed E-state index contributed by atoms with van der Waals surface area (Å²) >= 11 is 4.99. The van der Waals surface area contributed by atoms with Gasteiger partial charge in [-0.25, -0.2) is 0 Å². The molecule has 0 aliphatic rings. The van der Waals surface area contributed by atoms with Crippen LogP contribution in [0.1, 0.15) is 17.4 Å². The van der Waals surface area contributed by atoms with Crippen LogP contribution in [-0.2, 0) is 12.1 Å². The van der Waals surface area contributed by atoms with Crippen LogP contribution in [0.25, 0.3) is 0 Å². The summed E-state index contributed by atoms with van der Waals surface area (Å²) in [7, 11) is 0. The van der Waals surface area contributed by atoms with Crippen molar-refractivity contribution in [3.8, 4) is 0 Å². The quantitative estimate of drug-likeness (QED) is 0.881. The van der Waals surface area contributed by atoms with Crippen LogP contribution in [0.2, 0.25) is 0 Å². The van der Waals surface area contributed by atoms with Crippen LogP contribution >= 0.6 is 27.3 Å². The molecule has 0 saturated heterocycles. The van der Waals surface area contributed by atoms with Crippen LogP contribution in [0, 0.1) is 0 Å². The average molecular weight is 326 g/mol. The molecule has 2 rings (SSSR count). The van der Waals surface area contributed by atoms with E-state index >= 15 is 0 Å². The molecule has 2 nitrogen and oxygen atoms in total. The third kappa shape index (κ3) is 3.65. The molecule has 18 heavy (non-hydrogen) atoms. The molecule has 4 heteroatoms. The van der Waals surface area contributed by atoms with Crippen molar-refractivity contribution in [1.29, 1.82) is 0 Å². The molecular weight excluding hydrogens is 310 g/mol. The first-order valence-corrected chi connectivity index (χ1v) is 7.47. The van der Waals surface area contributed by atoms with Crippen molar-refractivity contribution in [2.24, 2.45) is 0 Å². The van der Waals surface area contributed by atoms with E-state index in [9.17, 15) is 5.11 Å². The van der Waals surface area contributed by atoms with Gasteiger partial charge in [-0.05, 0) is 36.1 Å². The van der Waals surface area contributed by atoms with Gasteiger partial charge >= 0.3 is 0 Å². The van der Waals surface area contributed by atoms with E-state index in [1.807, 2.05) is 36.6 Å². The van der Waals surface area contributed by atoms with E-state index in [1.165, 1.54) is 5.56 Å². The minimum Gasteiger partial charge on any atom is -0.383 e. The van der Waals surface area contributed by atoms with Gasteiger partial charge in [0.1, 0.15) is 5.60 Å². The summed E-state index contributed by atoms with van der Waals surface area (Å²) in [6, 6.07) is 12.1. The van der Waals surface area contributed by atoms with Crippen molar-refractivity contribution in [3.63, 3.8) is 0 Å². The summed E-state index contributed by atoms with van der Waals surface area (Å²) in [6.45, 7) is 3.14. The Kier molecular flexibility index (Phi) is 4.56. The van der Waals surface area contributed by atoms with Gasteiger partial charge in [0.25, 0.3) is 0 Å². The molecule has 0 amide bonds. The van der Waals surface area contributed by atoms with Crippen LogP contribution in [0.15, 0.2) is 46.3 Å². The van der Waals surface area contributed by atoms with Gasteiger partial charge in [0.15, 0.2) is 0 Å². The fourth-order valence-electron chi connectivity index (χ4n) is 1.72.